The van der Waals surface area contributed by atoms with E-state index in [0.717, 1.165) is 33.2 Å². The zero-order valence-corrected chi connectivity index (χ0v) is 15.7. The number of hydrogen-bond acceptors (Lipinski definition) is 7. The predicted octanol–water partition coefficient (Wildman–Crippen LogP) is 2.55. The summed E-state index contributed by atoms with van der Waals surface area (Å²) in [5.41, 5.74) is 3.83. The molecule has 10 heteroatoms. The molecule has 6 rings (SSSR count). The molecule has 0 atom stereocenters. The zero-order valence-electron chi connectivity index (χ0n) is 15.7. The van der Waals surface area contributed by atoms with Gasteiger partial charge in [0, 0.05) is 41.7 Å². The first kappa shape index (κ1) is 16.6. The van der Waals surface area contributed by atoms with E-state index in [1.165, 1.54) is 12.3 Å². The van der Waals surface area contributed by atoms with Crippen LogP contribution < -0.4 is 15.9 Å². The molecule has 5 aromatic rings. The third-order valence-corrected chi connectivity index (χ3v) is 5.06. The summed E-state index contributed by atoms with van der Waals surface area (Å²) in [5.74, 6) is 0.879. The fourth-order valence-corrected chi connectivity index (χ4v) is 3.65. The van der Waals surface area contributed by atoms with E-state index < -0.39 is 0 Å². The maximum Gasteiger partial charge on any atom is 0.228 e. The van der Waals surface area contributed by atoms with E-state index in [9.17, 15) is 4.39 Å². The minimum absolute atomic E-state index is 0.341. The van der Waals surface area contributed by atoms with E-state index in [1.807, 2.05) is 31.3 Å². The van der Waals surface area contributed by atoms with Crippen LogP contribution in [0.4, 0.5) is 21.8 Å². The molecule has 0 radical (unpaired) electrons. The molecule has 0 amide bonds. The first-order valence-corrected chi connectivity index (χ1v) is 9.19. The number of rotatable bonds is 3. The lowest BCUT2D eigenvalue weighted by molar-refractivity contribution is 0.677. The molecule has 0 saturated carbocycles. The molecule has 0 unspecified atom stereocenters. The maximum atomic E-state index is 13.9. The highest BCUT2D eigenvalue weighted by Gasteiger charge is 2.16. The van der Waals surface area contributed by atoms with E-state index in [1.54, 1.807) is 27.8 Å². The van der Waals surface area contributed by atoms with Crippen LogP contribution in [0.5, 0.6) is 0 Å². The molecular weight excluding hydrogens is 385 g/mol. The Bertz CT molecular complexity index is 1530. The van der Waals surface area contributed by atoms with E-state index in [4.69, 9.17) is 0 Å². The average molecular weight is 399 g/mol. The highest BCUT2D eigenvalue weighted by atomic mass is 19.1. The number of nitrogens with zero attached hydrogens (tertiary/aromatic N) is 7. The molecule has 0 spiro atoms. The van der Waals surface area contributed by atoms with Crippen molar-refractivity contribution in [3.8, 4) is 11.3 Å². The molecule has 1 aliphatic rings. The molecule has 30 heavy (non-hydrogen) atoms. The quantitative estimate of drug-likeness (QED) is 0.481. The van der Waals surface area contributed by atoms with Crippen molar-refractivity contribution in [2.45, 2.75) is 0 Å². The number of allylic oxidation sites excluding steroid dienone is 1. The Morgan fingerprint density at radius 3 is 2.97 bits per heavy atom. The Labute approximate surface area is 168 Å². The number of benzene rings is 1. The maximum absolute atomic E-state index is 13.9. The number of hydrogen-bond donors (Lipinski definition) is 2. The van der Waals surface area contributed by atoms with Crippen molar-refractivity contribution < 1.29 is 4.39 Å². The lowest BCUT2D eigenvalue weighted by Gasteiger charge is -2.12. The van der Waals surface area contributed by atoms with Crippen molar-refractivity contribution in [2.75, 3.05) is 10.6 Å². The second-order valence-electron chi connectivity index (χ2n) is 6.93. The number of anilines is 3. The fourth-order valence-electron chi connectivity index (χ4n) is 3.65. The lowest BCUT2D eigenvalue weighted by Crippen LogP contribution is -2.15. The second-order valence-corrected chi connectivity index (χ2v) is 6.93. The molecule has 146 valence electrons. The molecule has 1 aliphatic heterocycles. The number of pyridine rings is 1. The van der Waals surface area contributed by atoms with Crippen LogP contribution in [-0.4, -0.2) is 34.6 Å². The lowest BCUT2D eigenvalue weighted by atomic mass is 10.0. The summed E-state index contributed by atoms with van der Waals surface area (Å²) in [4.78, 5) is 8.93. The number of fused-ring (bicyclic) bond motifs is 2. The van der Waals surface area contributed by atoms with Gasteiger partial charge in [0.1, 0.15) is 22.7 Å². The van der Waals surface area contributed by atoms with Gasteiger partial charge in [0.25, 0.3) is 0 Å². The zero-order chi connectivity index (χ0) is 20.2. The van der Waals surface area contributed by atoms with Gasteiger partial charge in [0.05, 0.1) is 23.8 Å². The van der Waals surface area contributed by atoms with Crippen LogP contribution in [-0.2, 0) is 7.05 Å². The summed E-state index contributed by atoms with van der Waals surface area (Å²) in [6.45, 7) is 0. The summed E-state index contributed by atoms with van der Waals surface area (Å²) in [6, 6.07) is 7.54. The van der Waals surface area contributed by atoms with Gasteiger partial charge in [-0.15, -0.1) is 5.10 Å². The second kappa shape index (κ2) is 6.08. The molecule has 9 nitrogen and oxygen atoms in total. The Morgan fingerprint density at radius 2 is 2.10 bits per heavy atom. The van der Waals surface area contributed by atoms with Gasteiger partial charge in [-0.25, -0.2) is 18.9 Å². The van der Waals surface area contributed by atoms with E-state index in [-0.39, 0.29) is 5.83 Å². The molecule has 1 aromatic carbocycles. The highest BCUT2D eigenvalue weighted by molar-refractivity contribution is 5.99. The van der Waals surface area contributed by atoms with Crippen LogP contribution in [0.1, 0.15) is 0 Å². The van der Waals surface area contributed by atoms with Crippen LogP contribution in [0, 0.1) is 0 Å². The first-order chi connectivity index (χ1) is 14.7. The Morgan fingerprint density at radius 1 is 1.17 bits per heavy atom. The molecule has 0 aliphatic carbocycles. The summed E-state index contributed by atoms with van der Waals surface area (Å²) >= 11 is 0. The van der Waals surface area contributed by atoms with Crippen molar-refractivity contribution in [3.05, 3.63) is 60.1 Å². The predicted molar refractivity (Wildman–Crippen MR) is 111 cm³/mol. The van der Waals surface area contributed by atoms with Gasteiger partial charge in [-0.3, -0.25) is 4.68 Å². The molecule has 4 aromatic heterocycles. The molecule has 0 saturated heterocycles. The SMILES string of the molecule is Cn1nccc1Nc1nccc(-c2cc3nnn4cc5c(c(c2)c34)=CC(F)=CN5)n1. The van der Waals surface area contributed by atoms with Gasteiger partial charge < -0.3 is 10.6 Å². The Balaban J connectivity index is 1.53. The third-order valence-electron chi connectivity index (χ3n) is 5.06. The van der Waals surface area contributed by atoms with Gasteiger partial charge in [0.15, 0.2) is 0 Å². The van der Waals surface area contributed by atoms with Gasteiger partial charge in [-0.05, 0) is 24.3 Å². The molecule has 0 fully saturated rings. The van der Waals surface area contributed by atoms with E-state index in [0.29, 0.717) is 17.2 Å². The van der Waals surface area contributed by atoms with Gasteiger partial charge in [-0.2, -0.15) is 5.10 Å². The minimum atomic E-state index is -0.341. The summed E-state index contributed by atoms with van der Waals surface area (Å²) < 4.78 is 17.3. The number of aromatic nitrogens is 7. The van der Waals surface area contributed by atoms with Crippen molar-refractivity contribution in [3.63, 3.8) is 0 Å². The van der Waals surface area contributed by atoms with Gasteiger partial charge in [0.2, 0.25) is 5.95 Å². The molecule has 0 bridgehead atoms. The normalized spacial score (nSPS) is 13.1. The molecule has 2 N–H and O–H groups in total. The topological polar surface area (TPSA) is 97.9 Å². The Hall–Kier alpha value is -4.34. The van der Waals surface area contributed by atoms with E-state index in [2.05, 4.69) is 36.0 Å². The van der Waals surface area contributed by atoms with Gasteiger partial charge in [-0.1, -0.05) is 5.21 Å². The average Bonchev–Trinajstić information content (AvgIpc) is 3.35. The summed E-state index contributed by atoms with van der Waals surface area (Å²) in [5, 5.41) is 20.3. The first-order valence-electron chi connectivity index (χ1n) is 9.19. The standard InChI is InChI=1S/C20H14FN9/c1-29-18(3-5-24-29)26-20-22-4-2-15(25-20)11-6-14-13-8-12(21)9-23-17(13)10-30-19(14)16(7-11)27-28-30/h2-10,23H,1H3,(H,22,25,26). The summed E-state index contributed by atoms with van der Waals surface area (Å²) in [7, 11) is 1.83. The van der Waals surface area contributed by atoms with Crippen molar-refractivity contribution in [1.29, 1.82) is 0 Å². The van der Waals surface area contributed by atoms with Crippen molar-refractivity contribution in [2.24, 2.45) is 7.05 Å². The smallest absolute Gasteiger partial charge is 0.228 e. The van der Waals surface area contributed by atoms with Crippen molar-refractivity contribution in [1.82, 2.24) is 34.6 Å². The van der Waals surface area contributed by atoms with Crippen LogP contribution in [0.3, 0.4) is 0 Å². The number of aryl methyl sites for hydroxylation is 1. The molecule has 5 heterocycles. The highest BCUT2D eigenvalue weighted by Crippen LogP contribution is 2.28. The summed E-state index contributed by atoms with van der Waals surface area (Å²) in [6.07, 6.45) is 8.00. The van der Waals surface area contributed by atoms with Gasteiger partial charge >= 0.3 is 0 Å². The fraction of sp³-hybridized carbons (Fsp3) is 0.0500. The molecular formula is C20H14FN9. The largest absolute Gasteiger partial charge is 0.357 e. The third kappa shape index (κ3) is 2.50. The van der Waals surface area contributed by atoms with Crippen LogP contribution >= 0.6 is 0 Å². The van der Waals surface area contributed by atoms with Crippen LogP contribution in [0.2, 0.25) is 0 Å². The number of halogens is 1. The number of nitrogens with one attached hydrogen (secondary N) is 2. The Kier molecular flexibility index (Phi) is 3.36. The monoisotopic (exact) mass is 399 g/mol. The van der Waals surface area contributed by atoms with Crippen LogP contribution in [0.15, 0.2) is 54.9 Å². The minimum Gasteiger partial charge on any atom is -0.357 e. The van der Waals surface area contributed by atoms with Crippen molar-refractivity contribution >= 4 is 39.9 Å². The van der Waals surface area contributed by atoms with E-state index >= 15 is 0 Å². The van der Waals surface area contributed by atoms with Crippen LogP contribution in [0.25, 0.3) is 33.8 Å².